The molecule has 0 bridgehead atoms. The molecule has 1 fully saturated rings. The molecule has 0 N–H and O–H groups in total. The smallest absolute Gasteiger partial charge is 0.353 e. The third-order valence-electron chi connectivity index (χ3n) is 4.61. The topological polar surface area (TPSA) is 58.0 Å². The lowest BCUT2D eigenvalue weighted by Gasteiger charge is -2.35. The van der Waals surface area contributed by atoms with Crippen molar-refractivity contribution >= 4 is 11.6 Å². The minimum Gasteiger partial charge on any atom is -0.353 e. The van der Waals surface area contributed by atoms with E-state index in [1.54, 1.807) is 12.4 Å². The predicted molar refractivity (Wildman–Crippen MR) is 98.9 cm³/mol. The Kier molecular flexibility index (Phi) is 4.81. The second-order valence-corrected chi connectivity index (χ2v) is 6.40. The summed E-state index contributed by atoms with van der Waals surface area (Å²) in [6.45, 7) is 2.65. The Labute approximate surface area is 159 Å². The van der Waals surface area contributed by atoms with Crippen LogP contribution in [0.2, 0.25) is 0 Å². The Balaban J connectivity index is 1.39. The first-order valence-corrected chi connectivity index (χ1v) is 8.78. The van der Waals surface area contributed by atoms with E-state index in [1.807, 2.05) is 29.2 Å². The van der Waals surface area contributed by atoms with Crippen LogP contribution in [0.3, 0.4) is 0 Å². The highest BCUT2D eigenvalue weighted by Crippen LogP contribution is 2.29. The molecule has 28 heavy (non-hydrogen) atoms. The minimum absolute atomic E-state index is 0.547. The van der Waals surface area contributed by atoms with Crippen molar-refractivity contribution in [2.75, 3.05) is 36.0 Å². The first-order chi connectivity index (χ1) is 13.5. The summed E-state index contributed by atoms with van der Waals surface area (Å²) >= 11 is 0. The van der Waals surface area contributed by atoms with E-state index in [0.717, 1.165) is 29.3 Å². The Hall–Kier alpha value is -3.23. The van der Waals surface area contributed by atoms with E-state index in [2.05, 4.69) is 25.1 Å². The first kappa shape index (κ1) is 18.1. The fourth-order valence-corrected chi connectivity index (χ4v) is 3.07. The fourth-order valence-electron chi connectivity index (χ4n) is 3.07. The summed E-state index contributed by atoms with van der Waals surface area (Å²) < 4.78 is 38.0. The summed E-state index contributed by atoms with van der Waals surface area (Å²) in [4.78, 5) is 12.1. The van der Waals surface area contributed by atoms with Crippen LogP contribution < -0.4 is 9.80 Å². The van der Waals surface area contributed by atoms with Crippen LogP contribution in [0.5, 0.6) is 0 Å². The van der Waals surface area contributed by atoms with Crippen molar-refractivity contribution in [1.29, 1.82) is 0 Å². The molecule has 3 aromatic rings. The van der Waals surface area contributed by atoms with Gasteiger partial charge < -0.3 is 9.80 Å². The summed E-state index contributed by atoms with van der Waals surface area (Å²) in [5, 5.41) is 8.57. The molecule has 4 rings (SSSR count). The van der Waals surface area contributed by atoms with E-state index in [9.17, 15) is 13.2 Å². The Morgan fingerprint density at radius 3 is 2.04 bits per heavy atom. The number of pyridine rings is 2. The summed E-state index contributed by atoms with van der Waals surface area (Å²) in [5.74, 6) is 1.32. The number of halogens is 3. The monoisotopic (exact) mass is 386 g/mol. The summed E-state index contributed by atoms with van der Waals surface area (Å²) in [5.41, 5.74) is 0.919. The van der Waals surface area contributed by atoms with Gasteiger partial charge in [0.1, 0.15) is 5.82 Å². The maximum Gasteiger partial charge on any atom is 0.417 e. The lowest BCUT2D eigenvalue weighted by atomic mass is 10.2. The van der Waals surface area contributed by atoms with Gasteiger partial charge in [0.2, 0.25) is 0 Å². The lowest BCUT2D eigenvalue weighted by Crippen LogP contribution is -2.47. The van der Waals surface area contributed by atoms with E-state index in [-0.39, 0.29) is 0 Å². The van der Waals surface area contributed by atoms with Crippen molar-refractivity contribution in [2.45, 2.75) is 6.18 Å². The Morgan fingerprint density at radius 2 is 1.50 bits per heavy atom. The Bertz CT molecular complexity index is 905. The van der Waals surface area contributed by atoms with Crippen molar-refractivity contribution in [3.8, 4) is 11.3 Å². The molecule has 0 aromatic carbocycles. The maximum absolute atomic E-state index is 12.7. The average molecular weight is 386 g/mol. The maximum atomic E-state index is 12.7. The third-order valence-corrected chi connectivity index (χ3v) is 4.61. The zero-order valence-electron chi connectivity index (χ0n) is 14.8. The summed E-state index contributed by atoms with van der Waals surface area (Å²) in [7, 11) is 0. The van der Waals surface area contributed by atoms with Gasteiger partial charge in [-0.25, -0.2) is 4.98 Å². The SMILES string of the molecule is FC(F)(F)c1ccc(N2CCN(c3ccc(-c4cccnc4)nn3)CC2)nc1. The molecule has 0 amide bonds. The zero-order chi connectivity index (χ0) is 19.6. The Morgan fingerprint density at radius 1 is 0.786 bits per heavy atom. The third kappa shape index (κ3) is 3.88. The molecule has 9 heteroatoms. The minimum atomic E-state index is -4.37. The molecule has 0 unspecified atom stereocenters. The number of hydrogen-bond donors (Lipinski definition) is 0. The van der Waals surface area contributed by atoms with Crippen molar-refractivity contribution in [2.24, 2.45) is 0 Å². The zero-order valence-corrected chi connectivity index (χ0v) is 14.8. The van der Waals surface area contributed by atoms with Crippen molar-refractivity contribution < 1.29 is 13.2 Å². The molecule has 1 saturated heterocycles. The molecule has 0 saturated carbocycles. The fraction of sp³-hybridized carbons (Fsp3) is 0.263. The van der Waals surface area contributed by atoms with E-state index in [1.165, 1.54) is 6.07 Å². The number of alkyl halides is 3. The van der Waals surface area contributed by atoms with E-state index >= 15 is 0 Å². The second kappa shape index (κ2) is 7.41. The quantitative estimate of drug-likeness (QED) is 0.689. The highest BCUT2D eigenvalue weighted by atomic mass is 19.4. The van der Waals surface area contributed by atoms with Gasteiger partial charge in [0, 0.05) is 50.3 Å². The van der Waals surface area contributed by atoms with Gasteiger partial charge in [0.15, 0.2) is 5.82 Å². The molecule has 1 aliphatic heterocycles. The van der Waals surface area contributed by atoms with Gasteiger partial charge in [-0.1, -0.05) is 0 Å². The second-order valence-electron chi connectivity index (χ2n) is 6.40. The lowest BCUT2D eigenvalue weighted by molar-refractivity contribution is -0.137. The summed E-state index contributed by atoms with van der Waals surface area (Å²) in [6.07, 6.45) is -0.0506. The van der Waals surface area contributed by atoms with Gasteiger partial charge in [-0.3, -0.25) is 4.98 Å². The van der Waals surface area contributed by atoms with Crippen LogP contribution in [-0.4, -0.2) is 46.3 Å². The molecule has 0 atom stereocenters. The molecule has 4 heterocycles. The van der Waals surface area contributed by atoms with E-state index in [0.29, 0.717) is 32.0 Å². The van der Waals surface area contributed by atoms with Gasteiger partial charge in [-0.2, -0.15) is 13.2 Å². The molecular weight excluding hydrogens is 369 g/mol. The molecule has 0 radical (unpaired) electrons. The number of hydrogen-bond acceptors (Lipinski definition) is 6. The van der Waals surface area contributed by atoms with Crippen LogP contribution in [0, 0.1) is 0 Å². The number of nitrogens with zero attached hydrogens (tertiary/aromatic N) is 6. The molecule has 6 nitrogen and oxygen atoms in total. The van der Waals surface area contributed by atoms with Crippen LogP contribution in [-0.2, 0) is 6.18 Å². The molecule has 0 aliphatic carbocycles. The van der Waals surface area contributed by atoms with Crippen LogP contribution in [0.1, 0.15) is 5.56 Å². The molecule has 1 aliphatic rings. The summed E-state index contributed by atoms with van der Waals surface area (Å²) in [6, 6.07) is 10.1. The predicted octanol–water partition coefficient (Wildman–Crippen LogP) is 3.28. The van der Waals surface area contributed by atoms with Crippen molar-refractivity contribution in [3.63, 3.8) is 0 Å². The molecule has 0 spiro atoms. The van der Waals surface area contributed by atoms with Gasteiger partial charge in [0.05, 0.1) is 11.3 Å². The highest BCUT2D eigenvalue weighted by Gasteiger charge is 2.31. The standard InChI is InChI=1S/C19H17F3N6/c20-19(21,22)15-3-5-17(24-13-15)27-8-10-28(11-9-27)18-6-4-16(25-26-18)14-2-1-7-23-12-14/h1-7,12-13H,8-11H2. The molecule has 144 valence electrons. The largest absolute Gasteiger partial charge is 0.417 e. The van der Waals surface area contributed by atoms with Crippen LogP contribution >= 0.6 is 0 Å². The van der Waals surface area contributed by atoms with Gasteiger partial charge in [-0.05, 0) is 36.4 Å². The highest BCUT2D eigenvalue weighted by molar-refractivity contribution is 5.58. The van der Waals surface area contributed by atoms with E-state index in [4.69, 9.17) is 0 Å². The van der Waals surface area contributed by atoms with Crippen LogP contribution in [0.25, 0.3) is 11.3 Å². The molecule has 3 aromatic heterocycles. The molecular formula is C19H17F3N6. The van der Waals surface area contributed by atoms with Crippen LogP contribution in [0.15, 0.2) is 55.0 Å². The van der Waals surface area contributed by atoms with Crippen LogP contribution in [0.4, 0.5) is 24.8 Å². The number of rotatable bonds is 3. The van der Waals surface area contributed by atoms with Gasteiger partial charge in [0.25, 0.3) is 0 Å². The van der Waals surface area contributed by atoms with Crippen molar-refractivity contribution in [3.05, 3.63) is 60.6 Å². The average Bonchev–Trinajstić information content (AvgIpc) is 2.74. The number of anilines is 2. The number of piperazine rings is 1. The van der Waals surface area contributed by atoms with Gasteiger partial charge in [-0.15, -0.1) is 10.2 Å². The van der Waals surface area contributed by atoms with E-state index < -0.39 is 11.7 Å². The normalized spacial score (nSPS) is 15.0. The first-order valence-electron chi connectivity index (χ1n) is 8.78. The van der Waals surface area contributed by atoms with Crippen molar-refractivity contribution in [1.82, 2.24) is 20.2 Å². The van der Waals surface area contributed by atoms with Gasteiger partial charge >= 0.3 is 6.18 Å². The number of aromatic nitrogens is 4.